The second-order valence-electron chi connectivity index (χ2n) is 5.28. The van der Waals surface area contributed by atoms with E-state index in [1.165, 1.54) is 18.2 Å². The van der Waals surface area contributed by atoms with E-state index in [0.717, 1.165) is 11.3 Å². The molecule has 0 spiro atoms. The summed E-state index contributed by atoms with van der Waals surface area (Å²) in [6.45, 7) is 4.54. The molecule has 3 N–H and O–H groups in total. The summed E-state index contributed by atoms with van der Waals surface area (Å²) in [7, 11) is 1.85. The van der Waals surface area contributed by atoms with Crippen LogP contribution in [-0.2, 0) is 13.6 Å². The number of nitrogens with zero attached hydrogens (tertiary/aromatic N) is 2. The summed E-state index contributed by atoms with van der Waals surface area (Å²) in [4.78, 5) is 11.1. The van der Waals surface area contributed by atoms with Crippen LogP contribution in [-0.4, -0.2) is 15.7 Å². The molecule has 0 saturated carbocycles. The zero-order valence-electron chi connectivity index (χ0n) is 12.4. The number of primary amides is 1. The van der Waals surface area contributed by atoms with Gasteiger partial charge in [-0.2, -0.15) is 5.10 Å². The normalized spacial score (nSPS) is 10.9. The maximum atomic E-state index is 13.8. The molecular formula is C15H19FN4O. The highest BCUT2D eigenvalue weighted by Crippen LogP contribution is 2.21. The van der Waals surface area contributed by atoms with E-state index in [1.807, 2.05) is 13.2 Å². The summed E-state index contributed by atoms with van der Waals surface area (Å²) in [6, 6.07) is 4.02. The molecule has 1 aromatic carbocycles. The highest BCUT2D eigenvalue weighted by atomic mass is 19.1. The maximum absolute atomic E-state index is 13.8. The van der Waals surface area contributed by atoms with E-state index < -0.39 is 11.7 Å². The van der Waals surface area contributed by atoms with Crippen molar-refractivity contribution in [1.82, 2.24) is 9.78 Å². The molecule has 0 bridgehead atoms. The zero-order chi connectivity index (χ0) is 15.6. The number of rotatable bonds is 5. The molecule has 0 fully saturated rings. The number of carbonyl (C=O) groups excluding carboxylic acids is 1. The van der Waals surface area contributed by atoms with Crippen molar-refractivity contribution in [3.63, 3.8) is 0 Å². The van der Waals surface area contributed by atoms with Crippen LogP contribution in [0.4, 0.5) is 10.1 Å². The molecule has 2 rings (SSSR count). The van der Waals surface area contributed by atoms with Gasteiger partial charge in [-0.25, -0.2) is 4.39 Å². The summed E-state index contributed by atoms with van der Waals surface area (Å²) < 4.78 is 15.5. The van der Waals surface area contributed by atoms with Gasteiger partial charge in [0.05, 0.1) is 11.4 Å². The van der Waals surface area contributed by atoms with Crippen LogP contribution in [0.15, 0.2) is 24.4 Å². The Bertz CT molecular complexity index is 664. The molecule has 0 aliphatic rings. The number of halogens is 1. The fourth-order valence-electron chi connectivity index (χ4n) is 2.18. The predicted octanol–water partition coefficient (Wildman–Crippen LogP) is 2.39. The number of nitrogens with one attached hydrogen (secondary N) is 1. The van der Waals surface area contributed by atoms with E-state index in [2.05, 4.69) is 24.3 Å². The monoisotopic (exact) mass is 290 g/mol. The van der Waals surface area contributed by atoms with Gasteiger partial charge in [0, 0.05) is 30.9 Å². The first kappa shape index (κ1) is 15.0. The van der Waals surface area contributed by atoms with Gasteiger partial charge < -0.3 is 11.1 Å². The number of amides is 1. The lowest BCUT2D eigenvalue weighted by molar-refractivity contribution is 0.100. The number of aryl methyl sites for hydroxylation is 1. The van der Waals surface area contributed by atoms with Crippen molar-refractivity contribution in [1.29, 1.82) is 0 Å². The zero-order valence-corrected chi connectivity index (χ0v) is 12.4. The molecule has 0 radical (unpaired) electrons. The highest BCUT2D eigenvalue weighted by Gasteiger charge is 2.12. The van der Waals surface area contributed by atoms with Crippen molar-refractivity contribution in [2.75, 3.05) is 5.32 Å². The minimum absolute atomic E-state index is 0.254. The minimum Gasteiger partial charge on any atom is -0.378 e. The van der Waals surface area contributed by atoms with Gasteiger partial charge in [-0.1, -0.05) is 13.8 Å². The third kappa shape index (κ3) is 3.39. The molecule has 5 nitrogen and oxygen atoms in total. The predicted molar refractivity (Wildman–Crippen MR) is 79.5 cm³/mol. The summed E-state index contributed by atoms with van der Waals surface area (Å²) in [5, 5.41) is 7.40. The molecule has 0 aliphatic heterocycles. The number of anilines is 1. The molecule has 2 aromatic rings. The average Bonchev–Trinajstić information content (AvgIpc) is 2.79. The molecule has 0 atom stereocenters. The van der Waals surface area contributed by atoms with Crippen LogP contribution in [0.1, 0.15) is 41.4 Å². The second-order valence-corrected chi connectivity index (χ2v) is 5.28. The second kappa shape index (κ2) is 5.95. The van der Waals surface area contributed by atoms with E-state index in [-0.39, 0.29) is 17.2 Å². The number of benzene rings is 1. The van der Waals surface area contributed by atoms with Crippen molar-refractivity contribution in [3.05, 3.63) is 47.0 Å². The topological polar surface area (TPSA) is 72.9 Å². The SMILES string of the molecule is CC(C)c1nn(C)cc1CNc1cc(C(N)=O)ccc1F. The first-order valence-electron chi connectivity index (χ1n) is 6.74. The number of hydrogen-bond donors (Lipinski definition) is 2. The van der Waals surface area contributed by atoms with Crippen molar-refractivity contribution in [2.45, 2.75) is 26.3 Å². The number of carbonyl (C=O) groups is 1. The minimum atomic E-state index is -0.581. The standard InChI is InChI=1S/C15H19FN4O/c1-9(2)14-11(8-20(3)19-14)7-18-13-6-10(15(17)21)4-5-12(13)16/h4-6,8-9,18H,7H2,1-3H3,(H2,17,21). The lowest BCUT2D eigenvalue weighted by Crippen LogP contribution is -2.12. The Morgan fingerprint density at radius 1 is 1.48 bits per heavy atom. The van der Waals surface area contributed by atoms with Gasteiger partial charge in [0.1, 0.15) is 5.82 Å². The fraction of sp³-hybridized carbons (Fsp3) is 0.333. The van der Waals surface area contributed by atoms with Gasteiger partial charge in [0.15, 0.2) is 0 Å². The van der Waals surface area contributed by atoms with E-state index in [9.17, 15) is 9.18 Å². The molecule has 0 saturated heterocycles. The first-order chi connectivity index (χ1) is 9.88. The van der Waals surface area contributed by atoms with Crippen molar-refractivity contribution in [2.24, 2.45) is 12.8 Å². The van der Waals surface area contributed by atoms with Crippen LogP contribution in [0.5, 0.6) is 0 Å². The van der Waals surface area contributed by atoms with Crippen LogP contribution < -0.4 is 11.1 Å². The van der Waals surface area contributed by atoms with Gasteiger partial charge >= 0.3 is 0 Å². The van der Waals surface area contributed by atoms with Crippen LogP contribution in [0.2, 0.25) is 0 Å². The van der Waals surface area contributed by atoms with Crippen LogP contribution in [0.25, 0.3) is 0 Å². The van der Waals surface area contributed by atoms with E-state index in [4.69, 9.17) is 5.73 Å². The Morgan fingerprint density at radius 2 is 2.19 bits per heavy atom. The molecule has 0 unspecified atom stereocenters. The third-order valence-corrected chi connectivity index (χ3v) is 3.20. The Hall–Kier alpha value is -2.37. The molecule has 1 amide bonds. The number of hydrogen-bond acceptors (Lipinski definition) is 3. The van der Waals surface area contributed by atoms with Crippen molar-refractivity contribution >= 4 is 11.6 Å². The summed E-state index contributed by atoms with van der Waals surface area (Å²) in [6.07, 6.45) is 1.90. The Balaban J connectivity index is 2.20. The van der Waals surface area contributed by atoms with Gasteiger partial charge in [0.2, 0.25) is 5.91 Å². The molecule has 21 heavy (non-hydrogen) atoms. The van der Waals surface area contributed by atoms with Gasteiger partial charge in [-0.15, -0.1) is 0 Å². The van der Waals surface area contributed by atoms with Crippen LogP contribution >= 0.6 is 0 Å². The van der Waals surface area contributed by atoms with Gasteiger partial charge in [-0.3, -0.25) is 9.48 Å². The van der Waals surface area contributed by atoms with Gasteiger partial charge in [-0.05, 0) is 24.1 Å². The fourth-order valence-corrected chi connectivity index (χ4v) is 2.18. The van der Waals surface area contributed by atoms with Gasteiger partial charge in [0.25, 0.3) is 0 Å². The Labute approximate surface area is 123 Å². The molecule has 0 aliphatic carbocycles. The van der Waals surface area contributed by atoms with Crippen LogP contribution in [0.3, 0.4) is 0 Å². The number of nitrogens with two attached hydrogens (primary N) is 1. The lowest BCUT2D eigenvalue weighted by atomic mass is 10.1. The average molecular weight is 290 g/mol. The largest absolute Gasteiger partial charge is 0.378 e. The Kier molecular flexibility index (Phi) is 4.26. The molecule has 1 aromatic heterocycles. The molecular weight excluding hydrogens is 271 g/mol. The smallest absolute Gasteiger partial charge is 0.248 e. The van der Waals surface area contributed by atoms with E-state index in [1.54, 1.807) is 4.68 Å². The maximum Gasteiger partial charge on any atom is 0.248 e. The first-order valence-corrected chi connectivity index (χ1v) is 6.74. The summed E-state index contributed by atoms with van der Waals surface area (Å²) >= 11 is 0. The molecule has 112 valence electrons. The van der Waals surface area contributed by atoms with Crippen LogP contribution in [0, 0.1) is 5.82 Å². The Morgan fingerprint density at radius 3 is 2.81 bits per heavy atom. The van der Waals surface area contributed by atoms with E-state index >= 15 is 0 Å². The van der Waals surface area contributed by atoms with Crippen molar-refractivity contribution in [3.8, 4) is 0 Å². The van der Waals surface area contributed by atoms with Crippen molar-refractivity contribution < 1.29 is 9.18 Å². The third-order valence-electron chi connectivity index (χ3n) is 3.20. The van der Waals surface area contributed by atoms with E-state index in [0.29, 0.717) is 6.54 Å². The molecule has 1 heterocycles. The quantitative estimate of drug-likeness (QED) is 0.888. The lowest BCUT2D eigenvalue weighted by Gasteiger charge is -2.10. The summed E-state index contributed by atoms with van der Waals surface area (Å²) in [5.74, 6) is -0.720. The number of aromatic nitrogens is 2. The summed E-state index contributed by atoms with van der Waals surface area (Å²) in [5.41, 5.74) is 7.70. The molecule has 6 heteroatoms. The highest BCUT2D eigenvalue weighted by molar-refractivity contribution is 5.93.